The normalized spacial score (nSPS) is 16.6. The quantitative estimate of drug-likeness (QED) is 0.393. The zero-order valence-electron chi connectivity index (χ0n) is 18.5. The zero-order valence-corrected chi connectivity index (χ0v) is 19.4. The Morgan fingerprint density at radius 2 is 2.03 bits per heavy atom. The lowest BCUT2D eigenvalue weighted by molar-refractivity contribution is -0.114. The van der Waals surface area contributed by atoms with Crippen LogP contribution < -0.4 is 4.74 Å². The number of nitrogens with one attached hydrogen (secondary N) is 1. The Bertz CT molecular complexity index is 1370. The van der Waals surface area contributed by atoms with E-state index in [1.165, 1.54) is 17.3 Å². The molecule has 0 radical (unpaired) electrons. The molecule has 1 aromatic heterocycles. The standard InChI is InChI=1S/C26H24N4O2S/c1-17-8-9-23(18(2)14-17)32-12-5-10-29-16-19(20-6-3-4-7-22(20)29)15-21-24(27)30-11-13-33-26(30)28-25(21)31/h3-4,6-9,11,13-16,27H,5,10,12H2,1-2H3/b21-15-,27-24?. The van der Waals surface area contributed by atoms with E-state index in [1.807, 2.05) is 35.9 Å². The number of hydrogen-bond donors (Lipinski definition) is 1. The molecule has 0 unspecified atom stereocenters. The van der Waals surface area contributed by atoms with Crippen LogP contribution in [0, 0.1) is 19.3 Å². The molecule has 0 aliphatic carbocycles. The van der Waals surface area contributed by atoms with Gasteiger partial charge in [0.2, 0.25) is 0 Å². The summed E-state index contributed by atoms with van der Waals surface area (Å²) in [5.41, 5.74) is 4.67. The van der Waals surface area contributed by atoms with Crippen molar-refractivity contribution in [3.05, 3.63) is 82.5 Å². The molecular weight excluding hydrogens is 432 g/mol. The number of benzene rings is 2. The van der Waals surface area contributed by atoms with Gasteiger partial charge in [-0.1, -0.05) is 47.7 Å². The summed E-state index contributed by atoms with van der Waals surface area (Å²) in [7, 11) is 0. The highest BCUT2D eigenvalue weighted by molar-refractivity contribution is 8.16. The minimum absolute atomic E-state index is 0.157. The molecule has 166 valence electrons. The summed E-state index contributed by atoms with van der Waals surface area (Å²) >= 11 is 1.35. The number of amidine groups is 2. The fourth-order valence-electron chi connectivity index (χ4n) is 4.14. The molecule has 6 nitrogen and oxygen atoms in total. The van der Waals surface area contributed by atoms with Crippen LogP contribution in [0.15, 0.2) is 70.8 Å². The van der Waals surface area contributed by atoms with E-state index in [2.05, 4.69) is 41.6 Å². The predicted octanol–water partition coefficient (Wildman–Crippen LogP) is 5.50. The van der Waals surface area contributed by atoms with Gasteiger partial charge < -0.3 is 9.30 Å². The van der Waals surface area contributed by atoms with Gasteiger partial charge in [-0.2, -0.15) is 4.99 Å². The van der Waals surface area contributed by atoms with Gasteiger partial charge in [0, 0.05) is 35.4 Å². The summed E-state index contributed by atoms with van der Waals surface area (Å²) in [6.45, 7) is 5.55. The van der Waals surface area contributed by atoms with Gasteiger partial charge in [-0.05, 0) is 49.4 Å². The molecule has 0 atom stereocenters. The smallest absolute Gasteiger partial charge is 0.283 e. The number of amides is 1. The molecule has 33 heavy (non-hydrogen) atoms. The molecule has 5 rings (SSSR count). The van der Waals surface area contributed by atoms with E-state index in [0.29, 0.717) is 17.3 Å². The molecule has 1 amide bonds. The number of hydrogen-bond acceptors (Lipinski definition) is 4. The molecule has 3 aromatic rings. The third kappa shape index (κ3) is 4.12. The molecule has 0 fully saturated rings. The second-order valence-corrected chi connectivity index (χ2v) is 9.02. The first-order valence-electron chi connectivity index (χ1n) is 10.9. The average Bonchev–Trinajstić information content (AvgIpc) is 3.40. The zero-order chi connectivity index (χ0) is 22.9. The number of carbonyl (C=O) groups excluding carboxylic acids is 1. The predicted molar refractivity (Wildman–Crippen MR) is 135 cm³/mol. The van der Waals surface area contributed by atoms with Crippen molar-refractivity contribution in [1.29, 1.82) is 5.41 Å². The maximum Gasteiger partial charge on any atom is 0.283 e. The molecule has 0 bridgehead atoms. The second kappa shape index (κ2) is 8.75. The van der Waals surface area contributed by atoms with Gasteiger partial charge in [0.05, 0.1) is 12.2 Å². The highest BCUT2D eigenvalue weighted by atomic mass is 32.2. The van der Waals surface area contributed by atoms with Crippen molar-refractivity contribution >= 4 is 45.7 Å². The van der Waals surface area contributed by atoms with Crippen LogP contribution in [0.4, 0.5) is 0 Å². The topological polar surface area (TPSA) is 70.7 Å². The fraction of sp³-hybridized carbons (Fsp3) is 0.192. The molecule has 0 saturated heterocycles. The Balaban J connectivity index is 1.36. The third-order valence-corrected chi connectivity index (χ3v) is 6.52. The van der Waals surface area contributed by atoms with E-state index in [4.69, 9.17) is 10.1 Å². The van der Waals surface area contributed by atoms with E-state index in [9.17, 15) is 4.79 Å². The van der Waals surface area contributed by atoms with Crippen LogP contribution in [0.2, 0.25) is 0 Å². The van der Waals surface area contributed by atoms with Crippen molar-refractivity contribution in [3.63, 3.8) is 0 Å². The van der Waals surface area contributed by atoms with E-state index < -0.39 is 0 Å². The molecule has 2 aromatic carbocycles. The van der Waals surface area contributed by atoms with Gasteiger partial charge in [-0.15, -0.1) is 0 Å². The lowest BCUT2D eigenvalue weighted by Crippen LogP contribution is -2.35. The van der Waals surface area contributed by atoms with Crippen molar-refractivity contribution in [2.45, 2.75) is 26.8 Å². The lowest BCUT2D eigenvalue weighted by Gasteiger charge is -2.22. The van der Waals surface area contributed by atoms with E-state index in [0.717, 1.165) is 40.7 Å². The highest BCUT2D eigenvalue weighted by Crippen LogP contribution is 2.29. The minimum atomic E-state index is -0.374. The third-order valence-electron chi connectivity index (χ3n) is 5.76. The molecule has 3 heterocycles. The number of aliphatic imine (C=N–C) groups is 1. The summed E-state index contributed by atoms with van der Waals surface area (Å²) in [6, 6.07) is 14.3. The first-order chi connectivity index (χ1) is 16.0. The number of carbonyl (C=O) groups is 1. The Morgan fingerprint density at radius 1 is 1.18 bits per heavy atom. The van der Waals surface area contributed by atoms with Crippen molar-refractivity contribution in [1.82, 2.24) is 9.47 Å². The first kappa shape index (κ1) is 21.3. The number of thioether (sulfide) groups is 1. The molecule has 7 heteroatoms. The average molecular weight is 457 g/mol. The number of rotatable bonds is 6. The number of aryl methyl sites for hydroxylation is 3. The Labute approximate surface area is 196 Å². The van der Waals surface area contributed by atoms with Crippen molar-refractivity contribution in [2.75, 3.05) is 6.61 Å². The summed E-state index contributed by atoms with van der Waals surface area (Å²) < 4.78 is 8.18. The van der Waals surface area contributed by atoms with Gasteiger partial charge in [0.25, 0.3) is 5.91 Å². The summed E-state index contributed by atoms with van der Waals surface area (Å²) in [5, 5.41) is 11.9. The highest BCUT2D eigenvalue weighted by Gasteiger charge is 2.31. The van der Waals surface area contributed by atoms with Gasteiger partial charge in [0.15, 0.2) is 5.17 Å². The number of para-hydroxylation sites is 1. The van der Waals surface area contributed by atoms with Crippen molar-refractivity contribution in [2.24, 2.45) is 4.99 Å². The minimum Gasteiger partial charge on any atom is -0.493 e. The number of aromatic nitrogens is 1. The van der Waals surface area contributed by atoms with Crippen LogP contribution in [-0.2, 0) is 11.3 Å². The number of fused-ring (bicyclic) bond motifs is 2. The van der Waals surface area contributed by atoms with Crippen molar-refractivity contribution in [3.8, 4) is 5.75 Å². The van der Waals surface area contributed by atoms with Gasteiger partial charge >= 0.3 is 0 Å². The number of nitrogens with zero attached hydrogens (tertiary/aromatic N) is 3. The summed E-state index contributed by atoms with van der Waals surface area (Å²) in [6.07, 6.45) is 6.45. The van der Waals surface area contributed by atoms with Gasteiger partial charge in [-0.25, -0.2) is 0 Å². The van der Waals surface area contributed by atoms with E-state index in [-0.39, 0.29) is 11.7 Å². The Morgan fingerprint density at radius 3 is 2.88 bits per heavy atom. The molecule has 2 aliphatic heterocycles. The molecule has 0 spiro atoms. The largest absolute Gasteiger partial charge is 0.493 e. The Hall–Kier alpha value is -3.58. The van der Waals surface area contributed by atoms with E-state index >= 15 is 0 Å². The fourth-order valence-corrected chi connectivity index (χ4v) is 4.85. The van der Waals surface area contributed by atoms with Gasteiger partial charge in [-0.3, -0.25) is 15.1 Å². The van der Waals surface area contributed by atoms with Crippen molar-refractivity contribution < 1.29 is 9.53 Å². The Kier molecular flexibility index (Phi) is 5.64. The van der Waals surface area contributed by atoms with Gasteiger partial charge in [0.1, 0.15) is 11.6 Å². The van der Waals surface area contributed by atoms with Crippen LogP contribution in [0.5, 0.6) is 5.75 Å². The van der Waals surface area contributed by atoms with Crippen LogP contribution in [0.1, 0.15) is 23.1 Å². The molecule has 1 N–H and O–H groups in total. The number of ether oxygens (including phenoxy) is 1. The first-order valence-corrected chi connectivity index (χ1v) is 11.7. The monoisotopic (exact) mass is 456 g/mol. The lowest BCUT2D eigenvalue weighted by atomic mass is 10.1. The molecule has 0 saturated carbocycles. The van der Waals surface area contributed by atoms with E-state index in [1.54, 1.807) is 17.2 Å². The maximum absolute atomic E-state index is 12.6. The maximum atomic E-state index is 12.6. The van der Waals surface area contributed by atoms with Crippen LogP contribution in [0.25, 0.3) is 17.0 Å². The summed E-state index contributed by atoms with van der Waals surface area (Å²) in [4.78, 5) is 18.4. The molecule has 2 aliphatic rings. The summed E-state index contributed by atoms with van der Waals surface area (Å²) in [5.74, 6) is 0.706. The van der Waals surface area contributed by atoms with Crippen LogP contribution in [-0.4, -0.2) is 33.0 Å². The molecular formula is C26H24N4O2S. The van der Waals surface area contributed by atoms with Crippen LogP contribution in [0.3, 0.4) is 0 Å². The van der Waals surface area contributed by atoms with Crippen LogP contribution >= 0.6 is 11.8 Å². The SMILES string of the molecule is Cc1ccc(OCCCn2cc(/C=C3/C(=N)N4C=CSC4=NC3=O)c3ccccc32)c(C)c1. The second-order valence-electron chi connectivity index (χ2n) is 8.15.